The van der Waals surface area contributed by atoms with E-state index in [1.165, 1.54) is 0 Å². The first-order chi connectivity index (χ1) is 20.0. The van der Waals surface area contributed by atoms with Crippen molar-refractivity contribution in [2.24, 2.45) is 0 Å². The number of carbonyl (C=O) groups is 2. The molecule has 0 bridgehead atoms. The first-order valence-corrected chi connectivity index (χ1v) is 15.1. The van der Waals surface area contributed by atoms with E-state index in [0.29, 0.717) is 29.0 Å². The summed E-state index contributed by atoms with van der Waals surface area (Å²) in [7, 11) is 0. The highest BCUT2D eigenvalue weighted by Gasteiger charge is 2.21. The summed E-state index contributed by atoms with van der Waals surface area (Å²) in [5, 5.41) is 3.97. The largest absolute Gasteiger partial charge is 0.423 e. The fraction of sp³-hybridized carbons (Fsp3) is 0.0286. The van der Waals surface area contributed by atoms with Gasteiger partial charge in [-0.1, -0.05) is 84.9 Å². The third kappa shape index (κ3) is 5.71. The summed E-state index contributed by atoms with van der Waals surface area (Å²) in [4.78, 5) is 26.6. The number of hydrogen-bond donors (Lipinski definition) is 0. The molecule has 6 aromatic rings. The maximum Gasteiger partial charge on any atom is 0.344 e. The number of hydrogen-bond acceptors (Lipinski definition) is 4. The monoisotopic (exact) mass is 760 g/mol. The van der Waals surface area contributed by atoms with E-state index in [1.54, 1.807) is 12.1 Å². The fourth-order valence-corrected chi connectivity index (χ4v) is 6.14. The summed E-state index contributed by atoms with van der Waals surface area (Å²) in [5.41, 5.74) is 2.68. The topological polar surface area (TPSA) is 52.6 Å². The Labute approximate surface area is 264 Å². The van der Waals surface area contributed by atoms with Crippen LogP contribution < -0.4 is 9.47 Å². The minimum absolute atomic E-state index is 0.381. The van der Waals surface area contributed by atoms with Crippen LogP contribution in [0.15, 0.2) is 121 Å². The molecule has 0 saturated carbocycles. The predicted octanol–water partition coefficient (Wildman–Crippen LogP) is 9.23. The second-order valence-electron chi connectivity index (χ2n) is 9.44. The minimum atomic E-state index is -0.422. The second kappa shape index (κ2) is 12.0. The van der Waals surface area contributed by atoms with Gasteiger partial charge in [-0.25, -0.2) is 9.59 Å². The van der Waals surface area contributed by atoms with Gasteiger partial charge in [0.1, 0.15) is 11.5 Å². The maximum absolute atomic E-state index is 13.3. The third-order valence-electron chi connectivity index (χ3n) is 6.94. The minimum Gasteiger partial charge on any atom is -0.423 e. The number of ether oxygens (including phenoxy) is 2. The molecule has 4 nitrogen and oxygen atoms in total. The van der Waals surface area contributed by atoms with Gasteiger partial charge in [0.15, 0.2) is 0 Å². The van der Waals surface area contributed by atoms with E-state index in [0.717, 1.165) is 39.8 Å². The smallest absolute Gasteiger partial charge is 0.344 e. The molecule has 0 atom stereocenters. The van der Waals surface area contributed by atoms with Crippen molar-refractivity contribution in [3.05, 3.63) is 151 Å². The number of esters is 2. The quantitative estimate of drug-likeness (QED) is 0.0966. The lowest BCUT2D eigenvalue weighted by Crippen LogP contribution is -2.13. The lowest BCUT2D eigenvalue weighted by atomic mass is 9.93. The van der Waals surface area contributed by atoms with Crippen molar-refractivity contribution in [2.75, 3.05) is 0 Å². The van der Waals surface area contributed by atoms with Crippen LogP contribution in [0.5, 0.6) is 11.5 Å². The number of fused-ring (bicyclic) bond motifs is 2. The Kier molecular flexibility index (Phi) is 8.02. The molecule has 200 valence electrons. The van der Waals surface area contributed by atoms with Crippen LogP contribution in [0.25, 0.3) is 21.5 Å². The Hall–Kier alpha value is -3.76. The van der Waals surface area contributed by atoms with Gasteiger partial charge in [-0.2, -0.15) is 0 Å². The highest BCUT2D eigenvalue weighted by Crippen LogP contribution is 2.37. The molecule has 0 fully saturated rings. The number of halogens is 2. The first-order valence-electron chi connectivity index (χ1n) is 12.9. The van der Waals surface area contributed by atoms with E-state index < -0.39 is 11.9 Å². The lowest BCUT2D eigenvalue weighted by molar-refractivity contribution is 0.0725. The SMILES string of the molecule is O=C(Oc1ccc2ccccc2c1Cc1c(OC(=O)c2ccccc2I)ccc2ccccc12)c1ccccc1I. The Bertz CT molecular complexity index is 1810. The van der Waals surface area contributed by atoms with Gasteiger partial charge in [0.25, 0.3) is 0 Å². The van der Waals surface area contributed by atoms with Gasteiger partial charge in [-0.3, -0.25) is 0 Å². The molecule has 6 rings (SSSR count). The molecule has 6 heteroatoms. The Morgan fingerprint density at radius 1 is 0.488 bits per heavy atom. The summed E-state index contributed by atoms with van der Waals surface area (Å²) in [6.07, 6.45) is 0.381. The molecule has 41 heavy (non-hydrogen) atoms. The van der Waals surface area contributed by atoms with Gasteiger partial charge in [-0.15, -0.1) is 0 Å². The summed E-state index contributed by atoms with van der Waals surface area (Å²) in [6.45, 7) is 0. The van der Waals surface area contributed by atoms with Gasteiger partial charge < -0.3 is 9.47 Å². The molecule has 6 aromatic carbocycles. The van der Waals surface area contributed by atoms with E-state index in [1.807, 2.05) is 109 Å². The van der Waals surface area contributed by atoms with Crippen molar-refractivity contribution in [1.82, 2.24) is 0 Å². The third-order valence-corrected chi connectivity index (χ3v) is 8.82. The molecule has 0 spiro atoms. The van der Waals surface area contributed by atoms with Crippen LogP contribution in [0, 0.1) is 7.14 Å². The van der Waals surface area contributed by atoms with Crippen LogP contribution in [0.2, 0.25) is 0 Å². The van der Waals surface area contributed by atoms with Gasteiger partial charge in [0.05, 0.1) is 11.1 Å². The first kappa shape index (κ1) is 27.4. The standard InChI is InChI=1S/C35H22I2O4/c36-30-15-7-5-13-26(30)34(38)40-32-19-17-22-9-1-3-11-24(22)28(32)21-29-25-12-4-2-10-23(25)18-20-33(29)41-35(39)27-14-6-8-16-31(27)37/h1-20H,21H2. The Morgan fingerprint density at radius 2 is 0.878 bits per heavy atom. The summed E-state index contributed by atoms with van der Waals surface area (Å²) in [6, 6.07) is 38.3. The van der Waals surface area contributed by atoms with Crippen molar-refractivity contribution in [3.8, 4) is 11.5 Å². The molecule has 0 amide bonds. The molecule has 0 aliphatic rings. The molecular formula is C35H22I2O4. The summed E-state index contributed by atoms with van der Waals surface area (Å²) >= 11 is 4.28. The molecule has 0 aromatic heterocycles. The number of rotatable bonds is 6. The van der Waals surface area contributed by atoms with Crippen molar-refractivity contribution in [1.29, 1.82) is 0 Å². The number of carbonyl (C=O) groups excluding carboxylic acids is 2. The van der Waals surface area contributed by atoms with Crippen LogP contribution >= 0.6 is 45.2 Å². The zero-order chi connectivity index (χ0) is 28.3. The molecule has 0 N–H and O–H groups in total. The highest BCUT2D eigenvalue weighted by molar-refractivity contribution is 14.1. The summed E-state index contributed by atoms with van der Waals surface area (Å²) in [5.74, 6) is 0.0943. The molecule has 0 radical (unpaired) electrons. The lowest BCUT2D eigenvalue weighted by Gasteiger charge is -2.18. The van der Waals surface area contributed by atoms with E-state index in [9.17, 15) is 9.59 Å². The van der Waals surface area contributed by atoms with Crippen LogP contribution in [0.1, 0.15) is 31.8 Å². The van der Waals surface area contributed by atoms with Gasteiger partial charge >= 0.3 is 11.9 Å². The van der Waals surface area contributed by atoms with Crippen LogP contribution in [-0.2, 0) is 6.42 Å². The Balaban J connectivity index is 1.48. The average Bonchev–Trinajstić information content (AvgIpc) is 2.99. The van der Waals surface area contributed by atoms with Crippen molar-refractivity contribution in [2.45, 2.75) is 6.42 Å². The summed E-state index contributed by atoms with van der Waals surface area (Å²) < 4.78 is 13.7. The average molecular weight is 760 g/mol. The van der Waals surface area contributed by atoms with Gasteiger partial charge in [0.2, 0.25) is 0 Å². The molecule has 0 heterocycles. The molecule has 0 unspecified atom stereocenters. The van der Waals surface area contributed by atoms with E-state index in [-0.39, 0.29) is 0 Å². The maximum atomic E-state index is 13.3. The predicted molar refractivity (Wildman–Crippen MR) is 179 cm³/mol. The van der Waals surface area contributed by atoms with Crippen molar-refractivity contribution < 1.29 is 19.1 Å². The van der Waals surface area contributed by atoms with Crippen LogP contribution in [0.3, 0.4) is 0 Å². The molecule has 0 aliphatic heterocycles. The highest BCUT2D eigenvalue weighted by atomic mass is 127. The van der Waals surface area contributed by atoms with Crippen LogP contribution in [-0.4, -0.2) is 11.9 Å². The van der Waals surface area contributed by atoms with E-state index >= 15 is 0 Å². The molecule has 0 aliphatic carbocycles. The van der Waals surface area contributed by atoms with E-state index in [2.05, 4.69) is 45.2 Å². The zero-order valence-corrected chi connectivity index (χ0v) is 26.0. The second-order valence-corrected chi connectivity index (χ2v) is 11.8. The van der Waals surface area contributed by atoms with Crippen molar-refractivity contribution >= 4 is 78.7 Å². The van der Waals surface area contributed by atoms with Crippen LogP contribution in [0.4, 0.5) is 0 Å². The molecular weight excluding hydrogens is 738 g/mol. The molecule has 0 saturated heterocycles. The Morgan fingerprint density at radius 3 is 1.32 bits per heavy atom. The van der Waals surface area contributed by atoms with Crippen molar-refractivity contribution in [3.63, 3.8) is 0 Å². The van der Waals surface area contributed by atoms with Gasteiger partial charge in [0, 0.05) is 24.7 Å². The zero-order valence-electron chi connectivity index (χ0n) is 21.6. The normalized spacial score (nSPS) is 11.0. The van der Waals surface area contributed by atoms with Gasteiger partial charge in [-0.05, 0) is 103 Å². The number of benzene rings is 6. The van der Waals surface area contributed by atoms with E-state index in [4.69, 9.17) is 9.47 Å². The fourth-order valence-electron chi connectivity index (χ4n) is 4.93.